The maximum absolute atomic E-state index is 5.65. The van der Waals surface area contributed by atoms with Crippen LogP contribution in [-0.2, 0) is 0 Å². The minimum Gasteiger partial charge on any atom is -0.399 e. The fourth-order valence-electron chi connectivity index (χ4n) is 1.55. The van der Waals surface area contributed by atoms with E-state index in [2.05, 4.69) is 18.3 Å². The first-order valence-corrected chi connectivity index (χ1v) is 6.79. The number of hydrogen-bond donors (Lipinski definition) is 1. The fourth-order valence-corrected chi connectivity index (χ4v) is 2.20. The molecule has 0 bridgehead atoms. The van der Waals surface area contributed by atoms with E-state index < -0.39 is 0 Å². The Kier molecular flexibility index (Phi) is 5.46. The number of rotatable bonds is 5. The molecule has 0 heterocycles. The van der Waals surface area contributed by atoms with E-state index in [1.807, 2.05) is 49.6 Å². The Morgan fingerprint density at radius 1 is 1.28 bits per heavy atom. The largest absolute Gasteiger partial charge is 0.399 e. The first-order chi connectivity index (χ1) is 8.63. The van der Waals surface area contributed by atoms with E-state index in [0.717, 1.165) is 21.7 Å². The Hall–Kier alpha value is -1.74. The van der Waals surface area contributed by atoms with E-state index in [-0.39, 0.29) is 0 Å². The van der Waals surface area contributed by atoms with Gasteiger partial charge >= 0.3 is 0 Å². The molecule has 0 spiro atoms. The molecule has 0 unspecified atom stereocenters. The molecule has 2 N–H and O–H groups in total. The number of nitrogens with two attached hydrogens (primary N) is 1. The highest BCUT2D eigenvalue weighted by Gasteiger charge is 2.05. The second-order valence-corrected chi connectivity index (χ2v) is 4.53. The van der Waals surface area contributed by atoms with Gasteiger partial charge in [-0.1, -0.05) is 43.0 Å². The zero-order valence-corrected chi connectivity index (χ0v) is 11.6. The highest BCUT2D eigenvalue weighted by Crippen LogP contribution is 2.28. The number of thioether (sulfide) groups is 1. The third-order valence-electron chi connectivity index (χ3n) is 2.46. The van der Waals surface area contributed by atoms with Crippen LogP contribution < -0.4 is 5.73 Å². The quantitative estimate of drug-likeness (QED) is 0.642. The molecule has 1 rings (SSSR count). The molecule has 0 aliphatic carbocycles. The monoisotopic (exact) mass is 258 g/mol. The van der Waals surface area contributed by atoms with Crippen molar-refractivity contribution < 1.29 is 0 Å². The van der Waals surface area contributed by atoms with Gasteiger partial charge in [-0.3, -0.25) is 4.99 Å². The Morgan fingerprint density at radius 3 is 2.22 bits per heavy atom. The van der Waals surface area contributed by atoms with E-state index >= 15 is 0 Å². The average molecular weight is 258 g/mol. The SMILES string of the molecule is C=N/C(=C(\C=C/C)SC)c1ccc(C(=C)N)cc1. The molecule has 0 amide bonds. The molecule has 3 heteroatoms. The highest BCUT2D eigenvalue weighted by atomic mass is 32.2. The van der Waals surface area contributed by atoms with E-state index in [1.54, 1.807) is 11.8 Å². The lowest BCUT2D eigenvalue weighted by molar-refractivity contribution is 1.47. The van der Waals surface area contributed by atoms with Crippen LogP contribution in [0.4, 0.5) is 0 Å². The molecule has 0 atom stereocenters. The molecule has 94 valence electrons. The second-order valence-electron chi connectivity index (χ2n) is 3.68. The predicted molar refractivity (Wildman–Crippen MR) is 84.5 cm³/mol. The zero-order valence-electron chi connectivity index (χ0n) is 10.8. The van der Waals surface area contributed by atoms with Crippen molar-refractivity contribution in [1.82, 2.24) is 0 Å². The summed E-state index contributed by atoms with van der Waals surface area (Å²) >= 11 is 1.65. The molecule has 18 heavy (non-hydrogen) atoms. The smallest absolute Gasteiger partial charge is 0.0830 e. The van der Waals surface area contributed by atoms with Crippen molar-refractivity contribution in [1.29, 1.82) is 0 Å². The summed E-state index contributed by atoms with van der Waals surface area (Å²) in [7, 11) is 0. The van der Waals surface area contributed by atoms with Crippen LogP contribution in [0.5, 0.6) is 0 Å². The number of allylic oxidation sites excluding steroid dienone is 2. The van der Waals surface area contributed by atoms with Gasteiger partial charge in [-0.05, 0) is 25.5 Å². The maximum Gasteiger partial charge on any atom is 0.0830 e. The number of hydrogen-bond acceptors (Lipinski definition) is 3. The molecule has 0 saturated carbocycles. The average Bonchev–Trinajstić information content (AvgIpc) is 2.39. The first-order valence-electron chi connectivity index (χ1n) is 5.57. The third-order valence-corrected chi connectivity index (χ3v) is 3.23. The molecule has 1 aromatic carbocycles. The summed E-state index contributed by atoms with van der Waals surface area (Å²) in [5.74, 6) is 0. The predicted octanol–water partition coefficient (Wildman–Crippen LogP) is 3.92. The molecule has 0 aliphatic heterocycles. The van der Waals surface area contributed by atoms with Crippen LogP contribution in [0.3, 0.4) is 0 Å². The Balaban J connectivity index is 3.24. The van der Waals surface area contributed by atoms with Gasteiger partial charge < -0.3 is 5.73 Å². The van der Waals surface area contributed by atoms with Gasteiger partial charge in [0.05, 0.1) is 5.70 Å². The van der Waals surface area contributed by atoms with Crippen molar-refractivity contribution >= 4 is 29.9 Å². The topological polar surface area (TPSA) is 38.4 Å². The van der Waals surface area contributed by atoms with Crippen LogP contribution in [0, 0.1) is 0 Å². The van der Waals surface area contributed by atoms with Crippen LogP contribution in [0.25, 0.3) is 11.4 Å². The molecule has 0 saturated heterocycles. The number of benzene rings is 1. The Labute approximate surface area is 113 Å². The van der Waals surface area contributed by atoms with E-state index in [9.17, 15) is 0 Å². The van der Waals surface area contributed by atoms with Gasteiger partial charge in [-0.2, -0.15) is 0 Å². The van der Waals surface area contributed by atoms with E-state index in [4.69, 9.17) is 5.73 Å². The van der Waals surface area contributed by atoms with Crippen LogP contribution in [0.1, 0.15) is 18.1 Å². The lowest BCUT2D eigenvalue weighted by Gasteiger charge is -2.07. The molecule has 0 radical (unpaired) electrons. The molecular weight excluding hydrogens is 240 g/mol. The summed E-state index contributed by atoms with van der Waals surface area (Å²) in [5, 5.41) is 0. The molecule has 0 aromatic heterocycles. The van der Waals surface area contributed by atoms with Gasteiger partial charge in [0, 0.05) is 16.2 Å². The molecule has 1 aromatic rings. The van der Waals surface area contributed by atoms with E-state index in [1.165, 1.54) is 0 Å². The van der Waals surface area contributed by atoms with Crippen molar-refractivity contribution in [2.45, 2.75) is 6.92 Å². The van der Waals surface area contributed by atoms with Crippen LogP contribution in [0.15, 0.2) is 52.9 Å². The van der Waals surface area contributed by atoms with Crippen LogP contribution in [0.2, 0.25) is 0 Å². The van der Waals surface area contributed by atoms with Gasteiger partial charge in [0.15, 0.2) is 0 Å². The summed E-state index contributed by atoms with van der Waals surface area (Å²) < 4.78 is 0. The minimum atomic E-state index is 0.567. The summed E-state index contributed by atoms with van der Waals surface area (Å²) in [4.78, 5) is 5.22. The van der Waals surface area contributed by atoms with Crippen LogP contribution >= 0.6 is 11.8 Å². The highest BCUT2D eigenvalue weighted by molar-refractivity contribution is 8.02. The lowest BCUT2D eigenvalue weighted by Crippen LogP contribution is -1.94. The van der Waals surface area contributed by atoms with Gasteiger partial charge in [0.25, 0.3) is 0 Å². The molecule has 2 nitrogen and oxygen atoms in total. The molecule has 0 aliphatic rings. The van der Waals surface area contributed by atoms with Crippen molar-refractivity contribution in [2.24, 2.45) is 10.7 Å². The second kappa shape index (κ2) is 6.87. The van der Waals surface area contributed by atoms with Gasteiger partial charge in [0.2, 0.25) is 0 Å². The first kappa shape index (κ1) is 14.3. The summed E-state index contributed by atoms with van der Waals surface area (Å²) in [6.45, 7) is 9.35. The van der Waals surface area contributed by atoms with Crippen molar-refractivity contribution in [3.63, 3.8) is 0 Å². The summed E-state index contributed by atoms with van der Waals surface area (Å²) in [6, 6.07) is 7.85. The van der Waals surface area contributed by atoms with Gasteiger partial charge in [-0.25, -0.2) is 0 Å². The van der Waals surface area contributed by atoms with Gasteiger partial charge in [-0.15, -0.1) is 11.8 Å². The summed E-state index contributed by atoms with van der Waals surface area (Å²) in [6.07, 6.45) is 6.05. The summed E-state index contributed by atoms with van der Waals surface area (Å²) in [5.41, 5.74) is 9.05. The van der Waals surface area contributed by atoms with E-state index in [0.29, 0.717) is 5.70 Å². The number of aliphatic imine (C=N–C) groups is 1. The minimum absolute atomic E-state index is 0.567. The molecule has 0 fully saturated rings. The fraction of sp³-hybridized carbons (Fsp3) is 0.133. The van der Waals surface area contributed by atoms with Crippen molar-refractivity contribution in [3.8, 4) is 0 Å². The maximum atomic E-state index is 5.65. The third kappa shape index (κ3) is 3.37. The molecular formula is C15H18N2S. The standard InChI is InChI=1S/C15H18N2S/c1-5-6-14(18-4)15(17-3)13-9-7-12(8-10-13)11(2)16/h5-10H,2-3,16H2,1,4H3/b6-5-,15-14+. The van der Waals surface area contributed by atoms with Crippen LogP contribution in [-0.4, -0.2) is 13.0 Å². The zero-order chi connectivity index (χ0) is 13.5. The Bertz CT molecular complexity index is 496. The normalized spacial score (nSPS) is 12.3. The van der Waals surface area contributed by atoms with Crippen molar-refractivity contribution in [2.75, 3.05) is 6.26 Å². The number of nitrogens with zero attached hydrogens (tertiary/aromatic N) is 1. The van der Waals surface area contributed by atoms with Crippen molar-refractivity contribution in [3.05, 3.63) is 59.0 Å². The lowest BCUT2D eigenvalue weighted by atomic mass is 10.1. The Morgan fingerprint density at radius 2 is 1.83 bits per heavy atom. The van der Waals surface area contributed by atoms with Gasteiger partial charge in [0.1, 0.15) is 0 Å².